The average Bonchev–Trinajstić information content (AvgIpc) is 2.83. The number of hydrogen-bond acceptors (Lipinski definition) is 4. The lowest BCUT2D eigenvalue weighted by molar-refractivity contribution is -0.203. The standard InChI is InChI=1S/C21H36O4/c1-12(22)21(25)9-6-16-14-11-18(24)17-10-13(23)4-7-19(17,2)15(14)5-8-20(16,21)3/h12-18,22-25H,4-11H2,1-3H3/t12-,13+,14+,15-,16+,17-,18-,19+,20+,21-/m0/s1. The van der Waals surface area contributed by atoms with Gasteiger partial charge in [-0.05, 0) is 87.4 Å². The first-order chi connectivity index (χ1) is 11.6. The van der Waals surface area contributed by atoms with E-state index in [1.54, 1.807) is 6.92 Å². The highest BCUT2D eigenvalue weighted by atomic mass is 16.3. The van der Waals surface area contributed by atoms with Crippen molar-refractivity contribution >= 4 is 0 Å². The van der Waals surface area contributed by atoms with Crippen molar-refractivity contribution in [3.05, 3.63) is 0 Å². The highest BCUT2D eigenvalue weighted by molar-refractivity contribution is 5.16. The molecular formula is C21H36O4. The van der Waals surface area contributed by atoms with Gasteiger partial charge in [-0.15, -0.1) is 0 Å². The van der Waals surface area contributed by atoms with Gasteiger partial charge in [-0.2, -0.15) is 0 Å². The van der Waals surface area contributed by atoms with E-state index < -0.39 is 11.7 Å². The highest BCUT2D eigenvalue weighted by Gasteiger charge is 2.66. The van der Waals surface area contributed by atoms with Crippen molar-refractivity contribution < 1.29 is 20.4 Å². The first kappa shape index (κ1) is 18.2. The Bertz CT molecular complexity index is 536. The van der Waals surface area contributed by atoms with E-state index in [1.807, 2.05) is 0 Å². The Morgan fingerprint density at radius 1 is 0.880 bits per heavy atom. The zero-order valence-corrected chi connectivity index (χ0v) is 16.0. The normalized spacial score (nSPS) is 59.6. The van der Waals surface area contributed by atoms with Gasteiger partial charge in [-0.1, -0.05) is 13.8 Å². The van der Waals surface area contributed by atoms with Gasteiger partial charge in [-0.3, -0.25) is 0 Å². The summed E-state index contributed by atoms with van der Waals surface area (Å²) in [5.74, 6) is 1.59. The third-order valence-corrected chi connectivity index (χ3v) is 9.56. The van der Waals surface area contributed by atoms with Crippen LogP contribution in [0.5, 0.6) is 0 Å². The average molecular weight is 353 g/mol. The van der Waals surface area contributed by atoms with Crippen molar-refractivity contribution in [2.24, 2.45) is 34.5 Å². The van der Waals surface area contributed by atoms with Gasteiger partial charge in [0.2, 0.25) is 0 Å². The molecule has 0 aromatic rings. The SMILES string of the molecule is C[C@H](O)[C@@]1(O)CC[C@@H]2[C@@H]3C[C@H](O)[C@@H]4C[C@H](O)CC[C@]4(C)[C@H]3CC[C@]21C. The van der Waals surface area contributed by atoms with Crippen LogP contribution in [0.1, 0.15) is 72.1 Å². The number of rotatable bonds is 1. The summed E-state index contributed by atoms with van der Waals surface area (Å²) in [6, 6.07) is 0. The van der Waals surface area contributed by atoms with Crippen LogP contribution in [-0.2, 0) is 0 Å². The molecule has 0 aliphatic heterocycles. The van der Waals surface area contributed by atoms with Crippen LogP contribution in [0.2, 0.25) is 0 Å². The van der Waals surface area contributed by atoms with Gasteiger partial charge in [0.25, 0.3) is 0 Å². The maximum atomic E-state index is 11.3. The van der Waals surface area contributed by atoms with Gasteiger partial charge >= 0.3 is 0 Å². The summed E-state index contributed by atoms with van der Waals surface area (Å²) in [4.78, 5) is 0. The van der Waals surface area contributed by atoms with E-state index in [2.05, 4.69) is 13.8 Å². The Labute approximate surface area is 151 Å². The molecule has 0 aromatic carbocycles. The first-order valence-electron chi connectivity index (χ1n) is 10.4. The molecule has 0 bridgehead atoms. The molecule has 0 radical (unpaired) electrons. The lowest BCUT2D eigenvalue weighted by Gasteiger charge is -2.62. The molecule has 0 spiro atoms. The molecule has 0 amide bonds. The Morgan fingerprint density at radius 2 is 1.56 bits per heavy atom. The van der Waals surface area contributed by atoms with Gasteiger partial charge in [0.15, 0.2) is 0 Å². The second kappa shape index (κ2) is 5.67. The van der Waals surface area contributed by atoms with Crippen molar-refractivity contribution in [2.45, 2.75) is 96.1 Å². The smallest absolute Gasteiger partial charge is 0.0958 e. The molecule has 4 heteroatoms. The summed E-state index contributed by atoms with van der Waals surface area (Å²) in [6.07, 6.45) is 5.73. The summed E-state index contributed by atoms with van der Waals surface area (Å²) in [6.45, 7) is 6.26. The van der Waals surface area contributed by atoms with E-state index in [0.29, 0.717) is 24.2 Å². The predicted molar refractivity (Wildman–Crippen MR) is 95.8 cm³/mol. The van der Waals surface area contributed by atoms with Crippen LogP contribution < -0.4 is 0 Å². The van der Waals surface area contributed by atoms with E-state index in [1.165, 1.54) is 0 Å². The zero-order valence-electron chi connectivity index (χ0n) is 16.0. The summed E-state index contributed by atoms with van der Waals surface area (Å²) < 4.78 is 0. The fourth-order valence-electron chi connectivity index (χ4n) is 8.02. The topological polar surface area (TPSA) is 80.9 Å². The Hall–Kier alpha value is -0.160. The van der Waals surface area contributed by atoms with Gasteiger partial charge in [-0.25, -0.2) is 0 Å². The van der Waals surface area contributed by atoms with Crippen LogP contribution >= 0.6 is 0 Å². The molecule has 4 saturated carbocycles. The number of aliphatic hydroxyl groups is 4. The van der Waals surface area contributed by atoms with E-state index in [-0.39, 0.29) is 29.0 Å². The minimum Gasteiger partial charge on any atom is -0.393 e. The second-order valence-corrected chi connectivity index (χ2v) is 10.3. The predicted octanol–water partition coefficient (Wildman–Crippen LogP) is 2.47. The fraction of sp³-hybridized carbons (Fsp3) is 1.00. The molecule has 0 saturated heterocycles. The largest absolute Gasteiger partial charge is 0.393 e. The highest BCUT2D eigenvalue weighted by Crippen LogP contribution is 2.68. The number of fused-ring (bicyclic) bond motifs is 5. The molecule has 10 atom stereocenters. The third-order valence-electron chi connectivity index (χ3n) is 9.56. The van der Waals surface area contributed by atoms with Crippen LogP contribution in [0.15, 0.2) is 0 Å². The summed E-state index contributed by atoms with van der Waals surface area (Å²) in [7, 11) is 0. The van der Waals surface area contributed by atoms with Gasteiger partial charge in [0.05, 0.1) is 23.9 Å². The fourth-order valence-corrected chi connectivity index (χ4v) is 8.02. The van der Waals surface area contributed by atoms with Gasteiger partial charge in [0.1, 0.15) is 0 Å². The van der Waals surface area contributed by atoms with Crippen LogP contribution in [-0.4, -0.2) is 44.3 Å². The molecule has 4 rings (SSSR count). The second-order valence-electron chi connectivity index (χ2n) is 10.3. The quantitative estimate of drug-likeness (QED) is 0.584. The van der Waals surface area contributed by atoms with Crippen molar-refractivity contribution in [3.8, 4) is 0 Å². The maximum Gasteiger partial charge on any atom is 0.0958 e. The van der Waals surface area contributed by atoms with E-state index >= 15 is 0 Å². The zero-order chi connectivity index (χ0) is 18.2. The third kappa shape index (κ3) is 2.27. The molecule has 0 heterocycles. The summed E-state index contributed by atoms with van der Waals surface area (Å²) >= 11 is 0. The van der Waals surface area contributed by atoms with E-state index in [4.69, 9.17) is 0 Å². The molecular weight excluding hydrogens is 316 g/mol. The van der Waals surface area contributed by atoms with Crippen molar-refractivity contribution in [1.82, 2.24) is 0 Å². The van der Waals surface area contributed by atoms with Crippen LogP contribution in [0.3, 0.4) is 0 Å². The first-order valence-corrected chi connectivity index (χ1v) is 10.4. The molecule has 25 heavy (non-hydrogen) atoms. The van der Waals surface area contributed by atoms with Crippen LogP contribution in [0.4, 0.5) is 0 Å². The molecule has 4 N–H and O–H groups in total. The molecule has 4 fully saturated rings. The van der Waals surface area contributed by atoms with Crippen LogP contribution in [0.25, 0.3) is 0 Å². The van der Waals surface area contributed by atoms with Gasteiger partial charge < -0.3 is 20.4 Å². The van der Waals surface area contributed by atoms with Crippen molar-refractivity contribution in [3.63, 3.8) is 0 Å². The van der Waals surface area contributed by atoms with Crippen molar-refractivity contribution in [2.75, 3.05) is 0 Å². The van der Waals surface area contributed by atoms with Crippen molar-refractivity contribution in [1.29, 1.82) is 0 Å². The molecule has 144 valence electrons. The molecule has 0 aromatic heterocycles. The molecule has 4 aliphatic rings. The van der Waals surface area contributed by atoms with Gasteiger partial charge in [0, 0.05) is 5.41 Å². The maximum absolute atomic E-state index is 11.3. The van der Waals surface area contributed by atoms with E-state index in [9.17, 15) is 20.4 Å². The molecule has 0 unspecified atom stereocenters. The summed E-state index contributed by atoms with van der Waals surface area (Å²) in [5, 5.41) is 42.6. The lowest BCUT2D eigenvalue weighted by Crippen LogP contribution is -2.61. The number of hydrogen-bond donors (Lipinski definition) is 4. The Morgan fingerprint density at radius 3 is 2.24 bits per heavy atom. The Balaban J connectivity index is 1.67. The minimum absolute atomic E-state index is 0.106. The summed E-state index contributed by atoms with van der Waals surface area (Å²) in [5.41, 5.74) is -1.14. The molecule has 4 nitrogen and oxygen atoms in total. The number of aliphatic hydroxyl groups excluding tert-OH is 3. The lowest BCUT2D eigenvalue weighted by atomic mass is 9.43. The monoisotopic (exact) mass is 352 g/mol. The van der Waals surface area contributed by atoms with Crippen LogP contribution in [0, 0.1) is 34.5 Å². The van der Waals surface area contributed by atoms with E-state index in [0.717, 1.165) is 44.9 Å². The minimum atomic E-state index is -0.992. The Kier molecular flexibility index (Phi) is 4.13. The molecule has 4 aliphatic carbocycles.